The van der Waals surface area contributed by atoms with E-state index in [9.17, 15) is 9.59 Å². The van der Waals surface area contributed by atoms with Crippen LogP contribution in [0.5, 0.6) is 0 Å². The fourth-order valence-electron chi connectivity index (χ4n) is 6.20. The molecule has 0 atom stereocenters. The summed E-state index contributed by atoms with van der Waals surface area (Å²) in [7, 11) is 0. The van der Waals surface area contributed by atoms with Crippen molar-refractivity contribution in [1.29, 1.82) is 0 Å². The van der Waals surface area contributed by atoms with Gasteiger partial charge >= 0.3 is 5.97 Å². The van der Waals surface area contributed by atoms with Gasteiger partial charge in [0.2, 0.25) is 11.8 Å². The Labute approximate surface area is 180 Å². The number of halogens is 1. The van der Waals surface area contributed by atoms with Gasteiger partial charge in [0, 0.05) is 10.6 Å². The van der Waals surface area contributed by atoms with Crippen molar-refractivity contribution in [3.63, 3.8) is 0 Å². The predicted molar refractivity (Wildman–Crippen MR) is 112 cm³/mol. The van der Waals surface area contributed by atoms with Crippen molar-refractivity contribution in [2.75, 3.05) is 11.9 Å². The van der Waals surface area contributed by atoms with E-state index in [2.05, 4.69) is 10.5 Å². The standard InChI is InChI=1S/C23H25ClN2O4/c1-2-29-21(27)18-19(16-3-5-17(24)6-4-16)26-30-20(18)25-22(28)23-10-13-7-14(11-23)9-15(8-13)12-23/h3-6,13-15H,2,7-12H2,1H3,(H,25,28). The molecule has 6 rings (SSSR count). The second-order valence-electron chi connectivity index (χ2n) is 9.11. The van der Waals surface area contributed by atoms with E-state index in [0.717, 1.165) is 19.3 Å². The van der Waals surface area contributed by atoms with E-state index in [1.54, 1.807) is 31.2 Å². The molecule has 0 spiro atoms. The first-order chi connectivity index (χ1) is 14.5. The molecule has 1 heterocycles. The van der Waals surface area contributed by atoms with Crippen molar-refractivity contribution in [3.05, 3.63) is 34.9 Å². The number of esters is 1. The molecule has 4 saturated carbocycles. The van der Waals surface area contributed by atoms with E-state index in [1.807, 2.05) is 0 Å². The summed E-state index contributed by atoms with van der Waals surface area (Å²) in [6.45, 7) is 1.95. The highest BCUT2D eigenvalue weighted by Gasteiger charge is 2.55. The molecule has 0 saturated heterocycles. The Morgan fingerprint density at radius 3 is 2.30 bits per heavy atom. The van der Waals surface area contributed by atoms with Crippen LogP contribution in [-0.2, 0) is 9.53 Å². The van der Waals surface area contributed by atoms with Crippen LogP contribution in [0.1, 0.15) is 55.8 Å². The maximum Gasteiger partial charge on any atom is 0.346 e. The first-order valence-electron chi connectivity index (χ1n) is 10.7. The van der Waals surface area contributed by atoms with Crippen LogP contribution < -0.4 is 5.32 Å². The second kappa shape index (κ2) is 7.41. The number of carbonyl (C=O) groups is 2. The number of anilines is 1. The highest BCUT2D eigenvalue weighted by Crippen LogP contribution is 2.60. The van der Waals surface area contributed by atoms with Crippen molar-refractivity contribution in [2.45, 2.75) is 45.4 Å². The van der Waals surface area contributed by atoms with Crippen LogP contribution in [0.15, 0.2) is 28.8 Å². The van der Waals surface area contributed by atoms with Crippen LogP contribution in [0.3, 0.4) is 0 Å². The van der Waals surface area contributed by atoms with Gasteiger partial charge in [-0.05, 0) is 75.3 Å². The lowest BCUT2D eigenvalue weighted by Gasteiger charge is -2.55. The number of carbonyl (C=O) groups excluding carboxylic acids is 2. The average Bonchev–Trinajstić information content (AvgIpc) is 3.11. The van der Waals surface area contributed by atoms with Gasteiger partial charge in [-0.15, -0.1) is 0 Å². The molecule has 6 nitrogen and oxygen atoms in total. The van der Waals surface area contributed by atoms with Gasteiger partial charge in [-0.1, -0.05) is 28.9 Å². The monoisotopic (exact) mass is 428 g/mol. The molecule has 0 radical (unpaired) electrons. The van der Waals surface area contributed by atoms with E-state index in [-0.39, 0.29) is 29.4 Å². The fourth-order valence-corrected chi connectivity index (χ4v) is 6.32. The van der Waals surface area contributed by atoms with Crippen LogP contribution >= 0.6 is 11.6 Å². The summed E-state index contributed by atoms with van der Waals surface area (Å²) in [5, 5.41) is 7.58. The van der Waals surface area contributed by atoms with Gasteiger partial charge in [0.05, 0.1) is 12.0 Å². The lowest BCUT2D eigenvalue weighted by molar-refractivity contribution is -0.140. The van der Waals surface area contributed by atoms with Gasteiger partial charge < -0.3 is 9.26 Å². The van der Waals surface area contributed by atoms with E-state index >= 15 is 0 Å². The maximum atomic E-state index is 13.4. The summed E-state index contributed by atoms with van der Waals surface area (Å²) >= 11 is 5.98. The zero-order valence-electron chi connectivity index (χ0n) is 16.9. The molecule has 4 bridgehead atoms. The molecular weight excluding hydrogens is 404 g/mol. The number of hydrogen-bond acceptors (Lipinski definition) is 5. The van der Waals surface area contributed by atoms with E-state index < -0.39 is 5.97 Å². The Morgan fingerprint density at radius 2 is 1.73 bits per heavy atom. The number of nitrogens with one attached hydrogen (secondary N) is 1. The van der Waals surface area contributed by atoms with E-state index in [1.165, 1.54) is 19.3 Å². The molecule has 1 amide bonds. The average molecular weight is 429 g/mol. The zero-order chi connectivity index (χ0) is 20.9. The summed E-state index contributed by atoms with van der Waals surface area (Å²) in [4.78, 5) is 26.1. The Morgan fingerprint density at radius 1 is 1.13 bits per heavy atom. The van der Waals surface area contributed by atoms with Crippen molar-refractivity contribution in [3.8, 4) is 11.3 Å². The first-order valence-corrected chi connectivity index (χ1v) is 11.1. The highest BCUT2D eigenvalue weighted by atomic mass is 35.5. The predicted octanol–water partition coefficient (Wildman–Crippen LogP) is 5.33. The Hall–Kier alpha value is -2.34. The summed E-state index contributed by atoms with van der Waals surface area (Å²) in [6.07, 6.45) is 6.55. The molecule has 0 unspecified atom stereocenters. The molecule has 4 aliphatic rings. The van der Waals surface area contributed by atoms with Crippen molar-refractivity contribution in [2.24, 2.45) is 23.2 Å². The quantitative estimate of drug-likeness (QED) is 0.651. The van der Waals surface area contributed by atoms with Gasteiger partial charge in [-0.25, -0.2) is 4.79 Å². The van der Waals surface area contributed by atoms with Gasteiger partial charge in [0.15, 0.2) is 5.56 Å². The van der Waals surface area contributed by atoms with Crippen LogP contribution in [-0.4, -0.2) is 23.6 Å². The third-order valence-electron chi connectivity index (χ3n) is 7.04. The number of nitrogens with zero attached hydrogens (tertiary/aromatic N) is 1. The molecule has 2 aromatic rings. The molecular formula is C23H25ClN2O4. The second-order valence-corrected chi connectivity index (χ2v) is 9.55. The number of rotatable bonds is 5. The zero-order valence-corrected chi connectivity index (χ0v) is 17.7. The van der Waals surface area contributed by atoms with Crippen LogP contribution in [0.4, 0.5) is 5.88 Å². The van der Waals surface area contributed by atoms with Gasteiger partial charge in [0.25, 0.3) is 0 Å². The minimum absolute atomic E-state index is 0.0500. The number of ether oxygens (including phenoxy) is 1. The van der Waals surface area contributed by atoms with Gasteiger partial charge in [0.1, 0.15) is 5.69 Å². The molecule has 30 heavy (non-hydrogen) atoms. The summed E-state index contributed by atoms with van der Waals surface area (Å²) in [5.41, 5.74) is 0.804. The minimum atomic E-state index is -0.565. The SMILES string of the molecule is CCOC(=O)c1c(-c2ccc(Cl)cc2)noc1NC(=O)C12CC3CC(CC(C3)C1)C2. The third-order valence-corrected chi connectivity index (χ3v) is 7.29. The molecule has 1 aromatic heterocycles. The molecule has 4 fully saturated rings. The first kappa shape index (κ1) is 19.6. The molecule has 4 aliphatic carbocycles. The van der Waals surface area contributed by atoms with Crippen molar-refractivity contribution in [1.82, 2.24) is 5.16 Å². The molecule has 1 N–H and O–H groups in total. The summed E-state index contributed by atoms with van der Waals surface area (Å²) < 4.78 is 10.7. The largest absolute Gasteiger partial charge is 0.462 e. The van der Waals surface area contributed by atoms with E-state index in [0.29, 0.717) is 34.0 Å². The summed E-state index contributed by atoms with van der Waals surface area (Å²) in [5.74, 6) is 1.39. The Kier molecular flexibility index (Phi) is 4.85. The van der Waals surface area contributed by atoms with Crippen LogP contribution in [0.25, 0.3) is 11.3 Å². The third kappa shape index (κ3) is 3.31. The maximum absolute atomic E-state index is 13.4. The minimum Gasteiger partial charge on any atom is -0.462 e. The number of aromatic nitrogens is 1. The molecule has 158 valence electrons. The topological polar surface area (TPSA) is 81.4 Å². The number of benzene rings is 1. The van der Waals surface area contributed by atoms with Crippen molar-refractivity contribution >= 4 is 29.4 Å². The van der Waals surface area contributed by atoms with Crippen LogP contribution in [0, 0.1) is 23.2 Å². The Balaban J connectivity index is 1.46. The fraction of sp³-hybridized carbons (Fsp3) is 0.522. The van der Waals surface area contributed by atoms with Crippen molar-refractivity contribution < 1.29 is 18.8 Å². The van der Waals surface area contributed by atoms with Crippen LogP contribution in [0.2, 0.25) is 5.02 Å². The molecule has 0 aliphatic heterocycles. The lowest BCUT2D eigenvalue weighted by atomic mass is 9.49. The molecule has 7 heteroatoms. The normalized spacial score (nSPS) is 29.1. The Bertz CT molecular complexity index is 946. The molecule has 1 aromatic carbocycles. The lowest BCUT2D eigenvalue weighted by Crippen LogP contribution is -2.51. The summed E-state index contributed by atoms with van der Waals surface area (Å²) in [6, 6.07) is 6.95. The number of amides is 1. The van der Waals surface area contributed by atoms with Gasteiger partial charge in [-0.3, -0.25) is 10.1 Å². The highest BCUT2D eigenvalue weighted by molar-refractivity contribution is 6.30. The smallest absolute Gasteiger partial charge is 0.346 e. The number of hydrogen-bond donors (Lipinski definition) is 1. The van der Waals surface area contributed by atoms with Gasteiger partial charge in [-0.2, -0.15) is 0 Å². The van der Waals surface area contributed by atoms with E-state index in [4.69, 9.17) is 20.9 Å².